The molecule has 1 fully saturated rings. The summed E-state index contributed by atoms with van der Waals surface area (Å²) in [4.78, 5) is 12.0. The summed E-state index contributed by atoms with van der Waals surface area (Å²) in [6.07, 6.45) is 4.32. The molecule has 1 aromatic rings. The lowest BCUT2D eigenvalue weighted by atomic mass is 10.1. The van der Waals surface area contributed by atoms with Gasteiger partial charge < -0.3 is 4.74 Å². The fourth-order valence-electron chi connectivity index (χ4n) is 2.02. The van der Waals surface area contributed by atoms with E-state index in [0.717, 1.165) is 18.5 Å². The van der Waals surface area contributed by atoms with Crippen LogP contribution in [0.1, 0.15) is 38.4 Å². The van der Waals surface area contributed by atoms with E-state index < -0.39 is 0 Å². The number of carbonyl (C=O) groups is 1. The molecule has 1 unspecified atom stereocenters. The SMILES string of the molecule is COC(C(=O)Cc1ccn(C(C)C)n1)C1CC1. The van der Waals surface area contributed by atoms with Crippen molar-refractivity contribution in [2.75, 3.05) is 7.11 Å². The number of hydrogen-bond acceptors (Lipinski definition) is 3. The molecular formula is C13H20N2O2. The summed E-state index contributed by atoms with van der Waals surface area (Å²) in [5, 5.41) is 4.39. The van der Waals surface area contributed by atoms with Gasteiger partial charge >= 0.3 is 0 Å². The van der Waals surface area contributed by atoms with Gasteiger partial charge in [-0.05, 0) is 38.7 Å². The first-order chi connectivity index (χ1) is 8.11. The number of ketones is 1. The molecule has 0 amide bonds. The highest BCUT2D eigenvalue weighted by Gasteiger charge is 2.36. The van der Waals surface area contributed by atoms with Crippen LogP contribution in [-0.4, -0.2) is 28.8 Å². The zero-order valence-electron chi connectivity index (χ0n) is 10.7. The number of aromatic nitrogens is 2. The van der Waals surface area contributed by atoms with Crippen molar-refractivity contribution in [3.05, 3.63) is 18.0 Å². The Labute approximate surface area is 102 Å². The smallest absolute Gasteiger partial charge is 0.167 e. The third-order valence-corrected chi connectivity index (χ3v) is 3.17. The number of rotatable bonds is 6. The highest BCUT2D eigenvalue weighted by Crippen LogP contribution is 2.34. The first-order valence-corrected chi connectivity index (χ1v) is 6.21. The number of methoxy groups -OCH3 is 1. The van der Waals surface area contributed by atoms with Gasteiger partial charge in [0.2, 0.25) is 0 Å². The fourth-order valence-corrected chi connectivity index (χ4v) is 2.02. The van der Waals surface area contributed by atoms with Gasteiger partial charge in [-0.25, -0.2) is 0 Å². The molecule has 4 heteroatoms. The molecule has 0 spiro atoms. The minimum absolute atomic E-state index is 0.156. The molecule has 0 bridgehead atoms. The van der Waals surface area contributed by atoms with Gasteiger partial charge in [0, 0.05) is 19.3 Å². The Morgan fingerprint density at radius 2 is 2.29 bits per heavy atom. The molecule has 1 heterocycles. The summed E-state index contributed by atoms with van der Waals surface area (Å²) in [6, 6.07) is 2.25. The largest absolute Gasteiger partial charge is 0.373 e. The quantitative estimate of drug-likeness (QED) is 0.758. The number of hydrogen-bond donors (Lipinski definition) is 0. The van der Waals surface area contributed by atoms with E-state index in [1.165, 1.54) is 0 Å². The summed E-state index contributed by atoms with van der Waals surface area (Å²) in [5.74, 6) is 0.601. The second-order valence-electron chi connectivity index (χ2n) is 5.02. The van der Waals surface area contributed by atoms with Crippen molar-refractivity contribution in [3.8, 4) is 0 Å². The lowest BCUT2D eigenvalue weighted by Crippen LogP contribution is -2.27. The number of Topliss-reactive ketones (excluding diaryl/α,β-unsaturated/α-hetero) is 1. The molecule has 1 aliphatic rings. The standard InChI is InChI=1S/C13H20N2O2/c1-9(2)15-7-6-11(14-15)8-12(16)13(17-3)10-4-5-10/h6-7,9-10,13H,4-5,8H2,1-3H3. The van der Waals surface area contributed by atoms with E-state index in [4.69, 9.17) is 4.74 Å². The van der Waals surface area contributed by atoms with E-state index in [1.54, 1.807) is 7.11 Å². The minimum atomic E-state index is -0.223. The Hall–Kier alpha value is -1.16. The van der Waals surface area contributed by atoms with Gasteiger partial charge in [0.05, 0.1) is 12.1 Å². The summed E-state index contributed by atoms with van der Waals surface area (Å²) < 4.78 is 7.15. The lowest BCUT2D eigenvalue weighted by molar-refractivity contribution is -0.129. The third kappa shape index (κ3) is 2.94. The van der Waals surface area contributed by atoms with Crippen LogP contribution in [-0.2, 0) is 16.0 Å². The van der Waals surface area contributed by atoms with Crippen molar-refractivity contribution in [2.24, 2.45) is 5.92 Å². The van der Waals surface area contributed by atoms with Gasteiger partial charge in [0.1, 0.15) is 6.10 Å². The Kier molecular flexibility index (Phi) is 3.62. The van der Waals surface area contributed by atoms with Crippen LogP contribution in [0.25, 0.3) is 0 Å². The molecule has 0 radical (unpaired) electrons. The van der Waals surface area contributed by atoms with E-state index in [-0.39, 0.29) is 11.9 Å². The molecule has 0 saturated heterocycles. The van der Waals surface area contributed by atoms with Gasteiger partial charge in [0.25, 0.3) is 0 Å². The Balaban J connectivity index is 1.96. The molecule has 2 rings (SSSR count). The first kappa shape index (κ1) is 12.3. The molecule has 0 aliphatic heterocycles. The van der Waals surface area contributed by atoms with E-state index in [9.17, 15) is 4.79 Å². The molecule has 17 heavy (non-hydrogen) atoms. The van der Waals surface area contributed by atoms with Crippen molar-refractivity contribution in [1.29, 1.82) is 0 Å². The van der Waals surface area contributed by atoms with Crippen LogP contribution in [0.5, 0.6) is 0 Å². The molecule has 1 aromatic heterocycles. The van der Waals surface area contributed by atoms with Gasteiger partial charge in [0.15, 0.2) is 5.78 Å². The average molecular weight is 236 g/mol. The monoisotopic (exact) mass is 236 g/mol. The van der Waals surface area contributed by atoms with E-state index >= 15 is 0 Å². The Bertz CT molecular complexity index is 394. The van der Waals surface area contributed by atoms with Gasteiger partial charge in [-0.3, -0.25) is 9.48 Å². The van der Waals surface area contributed by atoms with E-state index in [2.05, 4.69) is 18.9 Å². The van der Waals surface area contributed by atoms with Gasteiger partial charge in [-0.2, -0.15) is 5.10 Å². The van der Waals surface area contributed by atoms with Gasteiger partial charge in [-0.1, -0.05) is 0 Å². The number of nitrogens with zero attached hydrogens (tertiary/aromatic N) is 2. The molecule has 1 atom stereocenters. The summed E-state index contributed by atoms with van der Waals surface area (Å²) in [7, 11) is 1.62. The molecule has 1 saturated carbocycles. The second kappa shape index (κ2) is 5.00. The average Bonchev–Trinajstić information content (AvgIpc) is 2.98. The molecule has 0 N–H and O–H groups in total. The maximum atomic E-state index is 12.0. The molecule has 94 valence electrons. The normalized spacial score (nSPS) is 17.4. The fraction of sp³-hybridized carbons (Fsp3) is 0.692. The second-order valence-corrected chi connectivity index (χ2v) is 5.02. The lowest BCUT2D eigenvalue weighted by Gasteiger charge is -2.12. The summed E-state index contributed by atoms with van der Waals surface area (Å²) in [5.41, 5.74) is 0.839. The van der Waals surface area contributed by atoms with Crippen molar-refractivity contribution >= 4 is 5.78 Å². The van der Waals surface area contributed by atoms with Crippen molar-refractivity contribution in [2.45, 2.75) is 45.3 Å². The molecule has 1 aliphatic carbocycles. The third-order valence-electron chi connectivity index (χ3n) is 3.17. The highest BCUT2D eigenvalue weighted by atomic mass is 16.5. The summed E-state index contributed by atoms with van der Waals surface area (Å²) >= 11 is 0. The van der Waals surface area contributed by atoms with Crippen LogP contribution in [0.3, 0.4) is 0 Å². The topological polar surface area (TPSA) is 44.1 Å². The van der Waals surface area contributed by atoms with Crippen LogP contribution in [0.2, 0.25) is 0 Å². The van der Waals surface area contributed by atoms with Crippen LogP contribution in [0.15, 0.2) is 12.3 Å². The van der Waals surface area contributed by atoms with Crippen LogP contribution >= 0.6 is 0 Å². The Morgan fingerprint density at radius 3 is 2.76 bits per heavy atom. The summed E-state index contributed by atoms with van der Waals surface area (Å²) in [6.45, 7) is 4.14. The number of ether oxygens (including phenoxy) is 1. The first-order valence-electron chi connectivity index (χ1n) is 6.21. The van der Waals surface area contributed by atoms with Gasteiger partial charge in [-0.15, -0.1) is 0 Å². The minimum Gasteiger partial charge on any atom is -0.373 e. The predicted octanol–water partition coefficient (Wildman–Crippen LogP) is 2.00. The predicted molar refractivity (Wildman–Crippen MR) is 64.8 cm³/mol. The van der Waals surface area contributed by atoms with Crippen molar-refractivity contribution in [1.82, 2.24) is 9.78 Å². The maximum absolute atomic E-state index is 12.0. The van der Waals surface area contributed by atoms with E-state index in [1.807, 2.05) is 16.9 Å². The zero-order valence-corrected chi connectivity index (χ0v) is 10.7. The van der Waals surface area contributed by atoms with Crippen LogP contribution in [0, 0.1) is 5.92 Å². The van der Waals surface area contributed by atoms with Crippen LogP contribution in [0.4, 0.5) is 0 Å². The molecule has 0 aromatic carbocycles. The maximum Gasteiger partial charge on any atom is 0.167 e. The molecule has 4 nitrogen and oxygen atoms in total. The van der Waals surface area contributed by atoms with Crippen LogP contribution < -0.4 is 0 Å². The van der Waals surface area contributed by atoms with Crippen molar-refractivity contribution in [3.63, 3.8) is 0 Å². The zero-order chi connectivity index (χ0) is 12.4. The molecular weight excluding hydrogens is 216 g/mol. The van der Waals surface area contributed by atoms with E-state index in [0.29, 0.717) is 18.4 Å². The Morgan fingerprint density at radius 1 is 1.59 bits per heavy atom. The highest BCUT2D eigenvalue weighted by molar-refractivity contribution is 5.85. The number of carbonyl (C=O) groups excluding carboxylic acids is 1. The van der Waals surface area contributed by atoms with Crippen molar-refractivity contribution < 1.29 is 9.53 Å².